The highest BCUT2D eigenvalue weighted by Gasteiger charge is 2.24. The number of para-hydroxylation sites is 2. The Bertz CT molecular complexity index is 1070. The fraction of sp³-hybridized carbons (Fsp3) is 0.0435. The summed E-state index contributed by atoms with van der Waals surface area (Å²) in [6.45, 7) is 6.45. The molecule has 5 rings (SSSR count). The van der Waals surface area contributed by atoms with Gasteiger partial charge in [0.2, 0.25) is 0 Å². The predicted octanol–water partition coefficient (Wildman–Crippen LogP) is 6.31. The Morgan fingerprint density at radius 2 is 1.24 bits per heavy atom. The van der Waals surface area contributed by atoms with Crippen molar-refractivity contribution in [2.75, 3.05) is 10.6 Å². The van der Waals surface area contributed by atoms with Gasteiger partial charge < -0.3 is 10.6 Å². The minimum atomic E-state index is 1.06. The number of anilines is 4. The van der Waals surface area contributed by atoms with E-state index in [0.29, 0.717) is 0 Å². The average Bonchev–Trinajstić information content (AvgIpc) is 2.65. The summed E-state index contributed by atoms with van der Waals surface area (Å²) in [5, 5.41) is 7.16. The van der Waals surface area contributed by atoms with Crippen LogP contribution in [0.5, 0.6) is 0 Å². The lowest BCUT2D eigenvalue weighted by Crippen LogP contribution is -2.11. The van der Waals surface area contributed by atoms with Crippen LogP contribution in [0.4, 0.5) is 22.7 Å². The van der Waals surface area contributed by atoms with Crippen molar-refractivity contribution in [2.24, 2.45) is 0 Å². The van der Waals surface area contributed by atoms with E-state index in [-0.39, 0.29) is 0 Å². The fourth-order valence-corrected chi connectivity index (χ4v) is 3.85. The first-order chi connectivity index (χ1) is 12.3. The topological polar surface area (TPSA) is 24.1 Å². The lowest BCUT2D eigenvalue weighted by atomic mass is 9.86. The predicted molar refractivity (Wildman–Crippen MR) is 107 cm³/mol. The lowest BCUT2D eigenvalue weighted by molar-refractivity contribution is 1.38. The number of nitrogens with one attached hydrogen (secondary N) is 2. The Morgan fingerprint density at radius 3 is 1.96 bits per heavy atom. The molecule has 0 radical (unpaired) electrons. The van der Waals surface area contributed by atoms with Gasteiger partial charge in [-0.2, -0.15) is 0 Å². The van der Waals surface area contributed by atoms with Crippen molar-refractivity contribution >= 4 is 33.9 Å². The first kappa shape index (κ1) is 14.1. The molecule has 0 saturated heterocycles. The maximum absolute atomic E-state index is 4.35. The maximum Gasteiger partial charge on any atom is 0.0471 e. The molecule has 0 bridgehead atoms. The standard InChI is InChI=1S/C23H18N2/c1-3-15-17-9-5-7-11-21(17)25-23-12-18-14(2)16-8-4-6-10-20(16)24-22(18)13-19(15)23/h3-13,24-25H,2H2,1H3/b15-3+. The number of hydrogen-bond donors (Lipinski definition) is 2. The van der Waals surface area contributed by atoms with Crippen LogP contribution in [0.15, 0.2) is 73.3 Å². The van der Waals surface area contributed by atoms with Gasteiger partial charge in [0.1, 0.15) is 0 Å². The zero-order valence-electron chi connectivity index (χ0n) is 14.1. The van der Waals surface area contributed by atoms with Gasteiger partial charge in [-0.05, 0) is 42.3 Å². The molecule has 2 heterocycles. The third-order valence-corrected chi connectivity index (χ3v) is 5.07. The number of allylic oxidation sites excluding steroid dienone is 1. The Balaban J connectivity index is 1.72. The second-order valence-electron chi connectivity index (χ2n) is 6.47. The van der Waals surface area contributed by atoms with E-state index in [2.05, 4.69) is 90.9 Å². The molecule has 0 fully saturated rings. The number of rotatable bonds is 0. The van der Waals surface area contributed by atoms with E-state index >= 15 is 0 Å². The largest absolute Gasteiger partial charge is 0.354 e. The molecular formula is C23H18N2. The van der Waals surface area contributed by atoms with Gasteiger partial charge in [0, 0.05) is 45.0 Å². The molecule has 0 unspecified atom stereocenters. The third kappa shape index (κ3) is 1.97. The summed E-state index contributed by atoms with van der Waals surface area (Å²) in [5.41, 5.74) is 11.6. The zero-order chi connectivity index (χ0) is 17.0. The van der Waals surface area contributed by atoms with Crippen LogP contribution in [0.1, 0.15) is 29.2 Å². The van der Waals surface area contributed by atoms with Crippen molar-refractivity contribution in [2.45, 2.75) is 6.92 Å². The minimum absolute atomic E-state index is 1.06. The van der Waals surface area contributed by atoms with Crippen LogP contribution < -0.4 is 10.6 Å². The summed E-state index contributed by atoms with van der Waals surface area (Å²) in [6, 6.07) is 21.2. The van der Waals surface area contributed by atoms with Crippen LogP contribution in [0, 0.1) is 0 Å². The van der Waals surface area contributed by atoms with Crippen LogP contribution in [-0.4, -0.2) is 0 Å². The quantitative estimate of drug-likeness (QED) is 0.349. The highest BCUT2D eigenvalue weighted by Crippen LogP contribution is 2.47. The van der Waals surface area contributed by atoms with E-state index in [4.69, 9.17) is 0 Å². The number of hydrogen-bond acceptors (Lipinski definition) is 2. The Hall–Kier alpha value is -3.26. The molecule has 2 aliphatic rings. The Kier molecular flexibility index (Phi) is 2.89. The highest BCUT2D eigenvalue weighted by atomic mass is 14.9. The smallest absolute Gasteiger partial charge is 0.0471 e. The van der Waals surface area contributed by atoms with E-state index in [0.717, 1.165) is 39.4 Å². The molecule has 2 aliphatic heterocycles. The molecular weight excluding hydrogens is 304 g/mol. The van der Waals surface area contributed by atoms with Crippen LogP contribution in [0.25, 0.3) is 11.1 Å². The third-order valence-electron chi connectivity index (χ3n) is 5.07. The summed E-state index contributed by atoms with van der Waals surface area (Å²) < 4.78 is 0. The normalized spacial score (nSPS) is 15.4. The number of benzene rings is 3. The molecule has 0 aliphatic carbocycles. The van der Waals surface area contributed by atoms with E-state index < -0.39 is 0 Å². The van der Waals surface area contributed by atoms with E-state index in [1.807, 2.05) is 0 Å². The zero-order valence-corrected chi connectivity index (χ0v) is 14.1. The van der Waals surface area contributed by atoms with E-state index in [9.17, 15) is 0 Å². The van der Waals surface area contributed by atoms with Crippen molar-refractivity contribution in [3.05, 3.63) is 95.6 Å². The summed E-state index contributed by atoms with van der Waals surface area (Å²) >= 11 is 0. The van der Waals surface area contributed by atoms with Gasteiger partial charge in [-0.1, -0.05) is 49.1 Å². The van der Waals surface area contributed by atoms with Gasteiger partial charge >= 0.3 is 0 Å². The Labute approximate surface area is 147 Å². The lowest BCUT2D eigenvalue weighted by Gasteiger charge is -2.29. The molecule has 25 heavy (non-hydrogen) atoms. The average molecular weight is 322 g/mol. The molecule has 120 valence electrons. The van der Waals surface area contributed by atoms with Gasteiger partial charge in [0.05, 0.1) is 0 Å². The molecule has 2 nitrogen and oxygen atoms in total. The summed E-state index contributed by atoms with van der Waals surface area (Å²) in [6.07, 6.45) is 2.19. The van der Waals surface area contributed by atoms with Crippen molar-refractivity contribution < 1.29 is 0 Å². The minimum Gasteiger partial charge on any atom is -0.354 e. The SMILES string of the molecule is C=C1c2ccccc2Nc2cc3c(cc21)Nc1ccccc1/C3=C\C. The van der Waals surface area contributed by atoms with Crippen LogP contribution in [0.2, 0.25) is 0 Å². The fourth-order valence-electron chi connectivity index (χ4n) is 3.85. The summed E-state index contributed by atoms with van der Waals surface area (Å²) in [4.78, 5) is 0. The second-order valence-corrected chi connectivity index (χ2v) is 6.47. The van der Waals surface area contributed by atoms with E-state index in [1.54, 1.807) is 0 Å². The van der Waals surface area contributed by atoms with Crippen LogP contribution >= 0.6 is 0 Å². The highest BCUT2D eigenvalue weighted by molar-refractivity contribution is 6.03. The van der Waals surface area contributed by atoms with Crippen molar-refractivity contribution in [3.8, 4) is 0 Å². The molecule has 0 spiro atoms. The molecule has 0 aromatic heterocycles. The van der Waals surface area contributed by atoms with Gasteiger partial charge in [0.15, 0.2) is 0 Å². The molecule has 0 saturated carbocycles. The second kappa shape index (κ2) is 5.12. The summed E-state index contributed by atoms with van der Waals surface area (Å²) in [7, 11) is 0. The molecule has 0 amide bonds. The van der Waals surface area contributed by atoms with Crippen molar-refractivity contribution in [3.63, 3.8) is 0 Å². The summed E-state index contributed by atoms with van der Waals surface area (Å²) in [5.74, 6) is 0. The van der Waals surface area contributed by atoms with Gasteiger partial charge in [-0.15, -0.1) is 0 Å². The molecule has 2 N–H and O–H groups in total. The first-order valence-corrected chi connectivity index (χ1v) is 8.53. The molecule has 3 aromatic rings. The number of fused-ring (bicyclic) bond motifs is 4. The van der Waals surface area contributed by atoms with Gasteiger partial charge in [0.25, 0.3) is 0 Å². The van der Waals surface area contributed by atoms with Crippen LogP contribution in [-0.2, 0) is 0 Å². The molecule has 0 atom stereocenters. The molecule has 3 aromatic carbocycles. The van der Waals surface area contributed by atoms with E-state index in [1.165, 1.54) is 16.7 Å². The molecule has 2 heteroatoms. The van der Waals surface area contributed by atoms with Gasteiger partial charge in [-0.25, -0.2) is 0 Å². The first-order valence-electron chi connectivity index (χ1n) is 8.53. The van der Waals surface area contributed by atoms with Gasteiger partial charge in [-0.3, -0.25) is 0 Å². The van der Waals surface area contributed by atoms with Crippen molar-refractivity contribution in [1.82, 2.24) is 0 Å². The van der Waals surface area contributed by atoms with Crippen molar-refractivity contribution in [1.29, 1.82) is 0 Å². The maximum atomic E-state index is 4.35. The van der Waals surface area contributed by atoms with Crippen LogP contribution in [0.3, 0.4) is 0 Å². The monoisotopic (exact) mass is 322 g/mol. The Morgan fingerprint density at radius 1 is 0.680 bits per heavy atom.